The average molecular weight is 278 g/mol. The van der Waals surface area contributed by atoms with Crippen molar-refractivity contribution in [2.24, 2.45) is 0 Å². The maximum Gasteiger partial charge on any atom is 0.160 e. The summed E-state index contributed by atoms with van der Waals surface area (Å²) >= 11 is 10.9. The third kappa shape index (κ3) is 1.43. The molecule has 1 aromatic heterocycles. The number of aromatic nitrogens is 1. The molecule has 1 aromatic carbocycles. The van der Waals surface area contributed by atoms with E-state index in [4.69, 9.17) is 17.3 Å². The number of thiazole rings is 1. The Hall–Kier alpha value is -0.320. The third-order valence-corrected chi connectivity index (χ3v) is 3.68. The first-order valence-electron chi connectivity index (χ1n) is 3.60. The minimum absolute atomic E-state index is 0.553. The van der Waals surface area contributed by atoms with Gasteiger partial charge in [0.1, 0.15) is 5.52 Å². The van der Waals surface area contributed by atoms with Crippen molar-refractivity contribution in [2.45, 2.75) is 6.92 Å². The second kappa shape index (κ2) is 3.12. The fraction of sp³-hybridized carbons (Fsp3) is 0.125. The van der Waals surface area contributed by atoms with Crippen LogP contribution in [0.2, 0.25) is 5.02 Å². The van der Waals surface area contributed by atoms with Gasteiger partial charge >= 0.3 is 0 Å². The summed E-state index contributed by atoms with van der Waals surface area (Å²) in [5.41, 5.74) is 8.17. The van der Waals surface area contributed by atoms with Crippen molar-refractivity contribution >= 4 is 54.8 Å². The number of nitrogen functional groups attached to an aromatic ring is 1. The second-order valence-corrected chi connectivity index (χ2v) is 5.42. The topological polar surface area (TPSA) is 38.9 Å². The molecule has 0 spiro atoms. The molecule has 13 heavy (non-hydrogen) atoms. The number of nitrogens with zero attached hydrogens (tertiary/aromatic N) is 1. The minimum atomic E-state index is 0.553. The molecule has 5 heteroatoms. The molecule has 0 atom stereocenters. The van der Waals surface area contributed by atoms with Crippen LogP contribution in [0.4, 0.5) is 5.69 Å². The van der Waals surface area contributed by atoms with Gasteiger partial charge in [0.2, 0.25) is 0 Å². The number of hydrogen-bond donors (Lipinski definition) is 1. The molecule has 0 saturated heterocycles. The van der Waals surface area contributed by atoms with Gasteiger partial charge in [-0.15, -0.1) is 11.3 Å². The molecule has 0 unspecified atom stereocenters. The minimum Gasteiger partial charge on any atom is -0.397 e. The van der Waals surface area contributed by atoms with E-state index in [0.717, 1.165) is 19.7 Å². The standard InChI is InChI=1S/C8H6BrClN2S/c1-3-2-4-7(5(10)6(3)11)12-8(9)13-4/h2H,11H2,1H3. The Bertz CT molecular complexity index is 480. The van der Waals surface area contributed by atoms with Crippen molar-refractivity contribution in [3.8, 4) is 0 Å². The number of nitrogens with two attached hydrogens (primary N) is 1. The summed E-state index contributed by atoms with van der Waals surface area (Å²) in [6.07, 6.45) is 0. The summed E-state index contributed by atoms with van der Waals surface area (Å²) in [6.45, 7) is 1.94. The van der Waals surface area contributed by atoms with Crippen LogP contribution in [0.25, 0.3) is 10.2 Å². The second-order valence-electron chi connectivity index (χ2n) is 2.73. The predicted molar refractivity (Wildman–Crippen MR) is 61.5 cm³/mol. The van der Waals surface area contributed by atoms with Crippen molar-refractivity contribution in [2.75, 3.05) is 5.73 Å². The Balaban J connectivity index is 2.92. The van der Waals surface area contributed by atoms with Crippen LogP contribution in [0, 0.1) is 6.92 Å². The van der Waals surface area contributed by atoms with Gasteiger partial charge in [-0.25, -0.2) is 4.98 Å². The molecule has 1 heterocycles. The Kier molecular flexibility index (Phi) is 2.21. The quantitative estimate of drug-likeness (QED) is 0.747. The van der Waals surface area contributed by atoms with E-state index >= 15 is 0 Å². The van der Waals surface area contributed by atoms with Gasteiger partial charge in [-0.3, -0.25) is 0 Å². The highest BCUT2D eigenvalue weighted by molar-refractivity contribution is 9.11. The van der Waals surface area contributed by atoms with Crippen LogP contribution in [-0.2, 0) is 0 Å². The molecule has 0 fully saturated rings. The fourth-order valence-electron chi connectivity index (χ4n) is 1.14. The molecule has 0 aliphatic rings. The highest BCUT2D eigenvalue weighted by Crippen LogP contribution is 2.36. The van der Waals surface area contributed by atoms with E-state index in [1.807, 2.05) is 13.0 Å². The largest absolute Gasteiger partial charge is 0.397 e. The molecule has 0 bridgehead atoms. The first-order valence-corrected chi connectivity index (χ1v) is 5.59. The zero-order valence-electron chi connectivity index (χ0n) is 6.77. The number of anilines is 1. The van der Waals surface area contributed by atoms with Crippen molar-refractivity contribution in [1.29, 1.82) is 0 Å². The zero-order chi connectivity index (χ0) is 9.59. The maximum atomic E-state index is 6.04. The normalized spacial score (nSPS) is 11.0. The smallest absolute Gasteiger partial charge is 0.160 e. The molecule has 0 saturated carbocycles. The van der Waals surface area contributed by atoms with Crippen LogP contribution in [0.1, 0.15) is 5.56 Å². The molecule has 2 rings (SSSR count). The van der Waals surface area contributed by atoms with E-state index in [1.54, 1.807) is 11.3 Å². The van der Waals surface area contributed by atoms with E-state index < -0.39 is 0 Å². The monoisotopic (exact) mass is 276 g/mol. The lowest BCUT2D eigenvalue weighted by Crippen LogP contribution is -1.90. The zero-order valence-corrected chi connectivity index (χ0v) is 9.92. The van der Waals surface area contributed by atoms with Crippen LogP contribution in [0.3, 0.4) is 0 Å². The van der Waals surface area contributed by atoms with Gasteiger partial charge in [0, 0.05) is 0 Å². The van der Waals surface area contributed by atoms with Crippen LogP contribution in [-0.4, -0.2) is 4.98 Å². The maximum absolute atomic E-state index is 6.04. The third-order valence-electron chi connectivity index (χ3n) is 1.84. The van der Waals surface area contributed by atoms with Crippen molar-refractivity contribution < 1.29 is 0 Å². The number of halogens is 2. The van der Waals surface area contributed by atoms with Gasteiger partial charge in [-0.2, -0.15) is 0 Å². The Morgan fingerprint density at radius 1 is 1.62 bits per heavy atom. The van der Waals surface area contributed by atoms with E-state index in [-0.39, 0.29) is 0 Å². The summed E-state index contributed by atoms with van der Waals surface area (Å²) in [4.78, 5) is 4.24. The highest BCUT2D eigenvalue weighted by atomic mass is 79.9. The van der Waals surface area contributed by atoms with Crippen molar-refractivity contribution in [3.63, 3.8) is 0 Å². The molecule has 2 aromatic rings. The molecule has 68 valence electrons. The van der Waals surface area contributed by atoms with Gasteiger partial charge in [-0.05, 0) is 34.5 Å². The molecule has 2 nitrogen and oxygen atoms in total. The Labute approximate surface area is 92.8 Å². The van der Waals surface area contributed by atoms with Crippen molar-refractivity contribution in [3.05, 3.63) is 20.6 Å². The Morgan fingerprint density at radius 3 is 3.00 bits per heavy atom. The first kappa shape index (κ1) is 9.24. The highest BCUT2D eigenvalue weighted by Gasteiger charge is 2.10. The van der Waals surface area contributed by atoms with Gasteiger partial charge < -0.3 is 5.73 Å². The number of hydrogen-bond acceptors (Lipinski definition) is 3. The lowest BCUT2D eigenvalue weighted by molar-refractivity contribution is 1.43. The lowest BCUT2D eigenvalue weighted by atomic mass is 10.2. The summed E-state index contributed by atoms with van der Waals surface area (Å²) in [5, 5.41) is 0.553. The van der Waals surface area contributed by atoms with Crippen LogP contribution >= 0.6 is 38.9 Å². The van der Waals surface area contributed by atoms with E-state index in [1.165, 1.54) is 0 Å². The van der Waals surface area contributed by atoms with Crippen molar-refractivity contribution in [1.82, 2.24) is 4.98 Å². The number of rotatable bonds is 0. The van der Waals surface area contributed by atoms with Gasteiger partial charge in [0.25, 0.3) is 0 Å². The molecule has 0 amide bonds. The lowest BCUT2D eigenvalue weighted by Gasteiger charge is -2.01. The molecule has 0 radical (unpaired) electrons. The summed E-state index contributed by atoms with van der Waals surface area (Å²) in [7, 11) is 0. The molecular weight excluding hydrogens is 272 g/mol. The number of fused-ring (bicyclic) bond motifs is 1. The van der Waals surface area contributed by atoms with Gasteiger partial charge in [0.15, 0.2) is 3.92 Å². The van der Waals surface area contributed by atoms with E-state index in [2.05, 4.69) is 20.9 Å². The molecule has 0 aliphatic heterocycles. The predicted octanol–water partition coefficient (Wildman–Crippen LogP) is 3.60. The summed E-state index contributed by atoms with van der Waals surface area (Å²) < 4.78 is 1.89. The average Bonchev–Trinajstić information content (AvgIpc) is 2.42. The van der Waals surface area contributed by atoms with E-state index in [0.29, 0.717) is 10.7 Å². The summed E-state index contributed by atoms with van der Waals surface area (Å²) in [6, 6.07) is 2.00. The van der Waals surface area contributed by atoms with Crippen LogP contribution in [0.5, 0.6) is 0 Å². The van der Waals surface area contributed by atoms with Gasteiger partial charge in [-0.1, -0.05) is 11.6 Å². The number of benzene rings is 1. The number of aryl methyl sites for hydroxylation is 1. The van der Waals surface area contributed by atoms with E-state index in [9.17, 15) is 0 Å². The van der Waals surface area contributed by atoms with Crippen LogP contribution in [0.15, 0.2) is 9.98 Å². The Morgan fingerprint density at radius 2 is 2.31 bits per heavy atom. The fourth-order valence-corrected chi connectivity index (χ4v) is 2.98. The van der Waals surface area contributed by atoms with Gasteiger partial charge in [0.05, 0.1) is 15.4 Å². The molecular formula is C8H6BrClN2S. The van der Waals surface area contributed by atoms with Crippen LogP contribution < -0.4 is 5.73 Å². The SMILES string of the molecule is Cc1cc2sc(Br)nc2c(Cl)c1N. The first-order chi connectivity index (χ1) is 6.09. The molecule has 2 N–H and O–H groups in total. The molecule has 0 aliphatic carbocycles. The summed E-state index contributed by atoms with van der Waals surface area (Å²) in [5.74, 6) is 0.